The molecule has 1 amide bonds. The van der Waals surface area contributed by atoms with Gasteiger partial charge >= 0.3 is 0 Å². The van der Waals surface area contributed by atoms with Gasteiger partial charge in [0.25, 0.3) is 5.91 Å². The molecule has 0 radical (unpaired) electrons. The largest absolute Gasteiger partial charge is 0.352 e. The highest BCUT2D eigenvalue weighted by Gasteiger charge is 2.15. The molecule has 2 heterocycles. The molecule has 0 aliphatic heterocycles. The molecule has 0 aliphatic carbocycles. The van der Waals surface area contributed by atoms with Crippen LogP contribution in [0.2, 0.25) is 10.0 Å². The normalized spacial score (nSPS) is 11.0. The Kier molecular flexibility index (Phi) is 5.51. The van der Waals surface area contributed by atoms with E-state index < -0.39 is 0 Å². The second-order valence-electron chi connectivity index (χ2n) is 6.66. The fourth-order valence-electron chi connectivity index (χ4n) is 3.15. The topological polar surface area (TPSA) is 59.3 Å². The summed E-state index contributed by atoms with van der Waals surface area (Å²) in [5.41, 5.74) is 4.67. The van der Waals surface area contributed by atoms with Gasteiger partial charge in [-0.3, -0.25) is 4.79 Å². The minimum Gasteiger partial charge on any atom is -0.352 e. The van der Waals surface area contributed by atoms with Crippen LogP contribution in [0.25, 0.3) is 16.9 Å². The second kappa shape index (κ2) is 8.23. The molecule has 0 aliphatic rings. The molecule has 1 N–H and O–H groups in total. The first-order valence-corrected chi connectivity index (χ1v) is 9.91. The van der Waals surface area contributed by atoms with E-state index in [9.17, 15) is 4.79 Å². The summed E-state index contributed by atoms with van der Waals surface area (Å²) in [6.45, 7) is 2.31. The molecular formula is C22H18Cl2N4O. The fraction of sp³-hybridized carbons (Fsp3) is 0.136. The van der Waals surface area contributed by atoms with E-state index in [1.165, 1.54) is 0 Å². The van der Waals surface area contributed by atoms with E-state index in [0.29, 0.717) is 34.2 Å². The zero-order valence-corrected chi connectivity index (χ0v) is 17.2. The Balaban J connectivity index is 1.51. The van der Waals surface area contributed by atoms with Crippen LogP contribution >= 0.6 is 23.2 Å². The van der Waals surface area contributed by atoms with E-state index in [1.54, 1.807) is 22.8 Å². The summed E-state index contributed by atoms with van der Waals surface area (Å²) in [5.74, 6) is -0.196. The quantitative estimate of drug-likeness (QED) is 0.491. The van der Waals surface area contributed by atoms with Gasteiger partial charge in [0, 0.05) is 34.4 Å². The Bertz CT molecular complexity index is 1190. The lowest BCUT2D eigenvalue weighted by Gasteiger charge is -2.09. The summed E-state index contributed by atoms with van der Waals surface area (Å²) < 4.78 is 1.70. The van der Waals surface area contributed by atoms with Crippen LogP contribution in [0.4, 0.5) is 0 Å². The number of aryl methyl sites for hydroxylation is 1. The summed E-state index contributed by atoms with van der Waals surface area (Å²) in [6.07, 6.45) is 2.20. The number of halogens is 2. The summed E-state index contributed by atoms with van der Waals surface area (Å²) in [4.78, 5) is 17.1. The van der Waals surface area contributed by atoms with E-state index >= 15 is 0 Å². The molecule has 5 nitrogen and oxygen atoms in total. The number of aromatic nitrogens is 3. The summed E-state index contributed by atoms with van der Waals surface area (Å²) >= 11 is 12.1. The van der Waals surface area contributed by atoms with Crippen LogP contribution in [0.5, 0.6) is 0 Å². The highest BCUT2D eigenvalue weighted by Crippen LogP contribution is 2.22. The van der Waals surface area contributed by atoms with E-state index in [4.69, 9.17) is 23.2 Å². The first-order valence-electron chi connectivity index (χ1n) is 9.16. The van der Waals surface area contributed by atoms with Crippen molar-refractivity contribution in [2.24, 2.45) is 0 Å². The average Bonchev–Trinajstić information content (AvgIpc) is 3.16. The molecular weight excluding hydrogens is 407 g/mol. The maximum Gasteiger partial charge on any atom is 0.254 e. The van der Waals surface area contributed by atoms with E-state index in [0.717, 1.165) is 22.5 Å². The van der Waals surface area contributed by atoms with E-state index in [1.807, 2.05) is 49.4 Å². The molecule has 0 bridgehead atoms. The summed E-state index contributed by atoms with van der Waals surface area (Å²) in [6, 6.07) is 17.1. The SMILES string of the molecule is Cc1c(C(=O)NCCc2ccc(Cl)cc2Cl)cnc2cc(-c3ccccc3)nn12. The average molecular weight is 425 g/mol. The Morgan fingerprint density at radius 3 is 2.66 bits per heavy atom. The molecule has 4 aromatic rings. The lowest BCUT2D eigenvalue weighted by Crippen LogP contribution is -2.27. The van der Waals surface area contributed by atoms with Gasteiger partial charge in [-0.05, 0) is 31.0 Å². The lowest BCUT2D eigenvalue weighted by molar-refractivity contribution is 0.0952. The maximum atomic E-state index is 12.7. The first-order chi connectivity index (χ1) is 14.0. The highest BCUT2D eigenvalue weighted by atomic mass is 35.5. The molecule has 7 heteroatoms. The third kappa shape index (κ3) is 4.11. The predicted molar refractivity (Wildman–Crippen MR) is 116 cm³/mol. The standard InChI is InChI=1S/C22H18Cl2N4O/c1-14-18(22(29)25-10-9-15-7-8-17(23)11-19(15)24)13-26-21-12-20(27-28(14)21)16-5-3-2-4-6-16/h2-8,11-13H,9-10H2,1H3,(H,25,29). The number of hydrogen-bond acceptors (Lipinski definition) is 3. The molecule has 2 aromatic heterocycles. The van der Waals surface area contributed by atoms with Gasteiger partial charge in [-0.15, -0.1) is 0 Å². The number of carbonyl (C=O) groups is 1. The maximum absolute atomic E-state index is 12.7. The second-order valence-corrected chi connectivity index (χ2v) is 7.51. The lowest BCUT2D eigenvalue weighted by atomic mass is 10.1. The molecule has 0 atom stereocenters. The predicted octanol–water partition coefficient (Wildman–Crippen LogP) is 4.98. The van der Waals surface area contributed by atoms with Crippen molar-refractivity contribution < 1.29 is 4.79 Å². The smallest absolute Gasteiger partial charge is 0.254 e. The molecule has 0 saturated carbocycles. The van der Waals surface area contributed by atoms with Gasteiger partial charge < -0.3 is 5.32 Å². The van der Waals surface area contributed by atoms with Crippen LogP contribution in [0.3, 0.4) is 0 Å². The molecule has 4 rings (SSSR count). The number of amides is 1. The molecule has 0 saturated heterocycles. The van der Waals surface area contributed by atoms with Crippen molar-refractivity contribution >= 4 is 34.8 Å². The monoisotopic (exact) mass is 424 g/mol. The van der Waals surface area contributed by atoms with Crippen LogP contribution in [-0.2, 0) is 6.42 Å². The van der Waals surface area contributed by atoms with E-state index in [-0.39, 0.29) is 5.91 Å². The van der Waals surface area contributed by atoms with Gasteiger partial charge in [-0.2, -0.15) is 5.10 Å². The number of nitrogens with one attached hydrogen (secondary N) is 1. The zero-order chi connectivity index (χ0) is 20.4. The molecule has 0 fully saturated rings. The molecule has 146 valence electrons. The van der Waals surface area contributed by atoms with Gasteiger partial charge in [0.2, 0.25) is 0 Å². The third-order valence-electron chi connectivity index (χ3n) is 4.73. The van der Waals surface area contributed by atoms with Crippen LogP contribution in [0.15, 0.2) is 60.8 Å². The molecule has 0 unspecified atom stereocenters. The third-order valence-corrected chi connectivity index (χ3v) is 5.32. The van der Waals surface area contributed by atoms with Crippen LogP contribution in [-0.4, -0.2) is 27.0 Å². The summed E-state index contributed by atoms with van der Waals surface area (Å²) in [7, 11) is 0. The van der Waals surface area contributed by atoms with Gasteiger partial charge in [-0.1, -0.05) is 59.6 Å². The number of carbonyl (C=O) groups excluding carboxylic acids is 1. The minimum absolute atomic E-state index is 0.196. The van der Waals surface area contributed by atoms with E-state index in [2.05, 4.69) is 15.4 Å². The summed E-state index contributed by atoms with van der Waals surface area (Å²) in [5, 5.41) is 8.72. The number of hydrogen-bond donors (Lipinski definition) is 1. The Morgan fingerprint density at radius 2 is 1.90 bits per heavy atom. The first kappa shape index (κ1) is 19.4. The van der Waals surface area contributed by atoms with Crippen molar-refractivity contribution in [1.82, 2.24) is 19.9 Å². The Labute approximate surface area is 178 Å². The molecule has 2 aromatic carbocycles. The Hall–Kier alpha value is -2.89. The van der Waals surface area contributed by atoms with Crippen LogP contribution < -0.4 is 5.32 Å². The number of rotatable bonds is 5. The highest BCUT2D eigenvalue weighted by molar-refractivity contribution is 6.35. The van der Waals surface area contributed by atoms with Gasteiger partial charge in [-0.25, -0.2) is 9.50 Å². The van der Waals surface area contributed by atoms with Gasteiger partial charge in [0.1, 0.15) is 0 Å². The number of fused-ring (bicyclic) bond motifs is 1. The van der Waals surface area contributed by atoms with Crippen LogP contribution in [0.1, 0.15) is 21.6 Å². The van der Waals surface area contributed by atoms with Gasteiger partial charge in [0.15, 0.2) is 5.65 Å². The van der Waals surface area contributed by atoms with Crippen molar-refractivity contribution in [3.63, 3.8) is 0 Å². The van der Waals surface area contributed by atoms with Crippen molar-refractivity contribution in [2.75, 3.05) is 6.54 Å². The van der Waals surface area contributed by atoms with Crippen molar-refractivity contribution in [2.45, 2.75) is 13.3 Å². The zero-order valence-electron chi connectivity index (χ0n) is 15.7. The van der Waals surface area contributed by atoms with Crippen molar-refractivity contribution in [1.29, 1.82) is 0 Å². The Morgan fingerprint density at radius 1 is 1.10 bits per heavy atom. The minimum atomic E-state index is -0.196. The van der Waals surface area contributed by atoms with Crippen LogP contribution in [0, 0.1) is 6.92 Å². The van der Waals surface area contributed by atoms with Crippen molar-refractivity contribution in [3.05, 3.63) is 87.7 Å². The number of benzene rings is 2. The number of nitrogens with zero attached hydrogens (tertiary/aromatic N) is 3. The van der Waals surface area contributed by atoms with Gasteiger partial charge in [0.05, 0.1) is 17.0 Å². The fourth-order valence-corrected chi connectivity index (χ4v) is 3.65. The molecule has 29 heavy (non-hydrogen) atoms. The molecule has 0 spiro atoms. The van der Waals surface area contributed by atoms with Crippen molar-refractivity contribution in [3.8, 4) is 11.3 Å².